The standard InChI is InChI=1S/C16H21N3O3S/c1-4-17-16-19(5-2)15(21)13(23-16)10-14(20)18-11-6-8-12(22-3)9-7-11/h6-9,13H,4-5,10H2,1-3H3,(H,18,20). The van der Waals surface area contributed by atoms with E-state index in [0.717, 1.165) is 5.75 Å². The van der Waals surface area contributed by atoms with Crippen molar-refractivity contribution < 1.29 is 14.3 Å². The Balaban J connectivity index is 1.97. The summed E-state index contributed by atoms with van der Waals surface area (Å²) in [6.45, 7) is 5.02. The maximum atomic E-state index is 12.3. The van der Waals surface area contributed by atoms with Crippen LogP contribution in [0.3, 0.4) is 0 Å². The number of thioether (sulfide) groups is 1. The highest BCUT2D eigenvalue weighted by Gasteiger charge is 2.37. The zero-order valence-electron chi connectivity index (χ0n) is 13.5. The predicted molar refractivity (Wildman–Crippen MR) is 93.0 cm³/mol. The Bertz CT molecular complexity index is 601. The lowest BCUT2D eigenvalue weighted by Gasteiger charge is -2.13. The number of nitrogens with one attached hydrogen (secondary N) is 1. The molecule has 1 heterocycles. The van der Waals surface area contributed by atoms with Gasteiger partial charge >= 0.3 is 0 Å². The number of aliphatic imine (C=N–C) groups is 1. The van der Waals surface area contributed by atoms with Crippen molar-refractivity contribution in [3.05, 3.63) is 24.3 Å². The summed E-state index contributed by atoms with van der Waals surface area (Å²) >= 11 is 1.37. The lowest BCUT2D eigenvalue weighted by molar-refractivity contribution is -0.128. The smallest absolute Gasteiger partial charge is 0.242 e. The molecule has 1 aromatic carbocycles. The van der Waals surface area contributed by atoms with E-state index in [0.29, 0.717) is 23.9 Å². The number of methoxy groups -OCH3 is 1. The molecule has 0 radical (unpaired) electrons. The van der Waals surface area contributed by atoms with Gasteiger partial charge in [-0.15, -0.1) is 0 Å². The number of benzene rings is 1. The summed E-state index contributed by atoms with van der Waals surface area (Å²) in [6.07, 6.45) is 0.134. The van der Waals surface area contributed by atoms with E-state index >= 15 is 0 Å². The number of carbonyl (C=O) groups is 2. The van der Waals surface area contributed by atoms with E-state index in [9.17, 15) is 9.59 Å². The minimum atomic E-state index is -0.404. The van der Waals surface area contributed by atoms with Crippen LogP contribution in [0, 0.1) is 0 Å². The van der Waals surface area contributed by atoms with Crippen LogP contribution in [0.2, 0.25) is 0 Å². The summed E-state index contributed by atoms with van der Waals surface area (Å²) in [7, 11) is 1.59. The second-order valence-corrected chi connectivity index (χ2v) is 6.10. The van der Waals surface area contributed by atoms with E-state index in [1.54, 1.807) is 36.3 Å². The molecule has 1 saturated heterocycles. The van der Waals surface area contributed by atoms with E-state index in [1.807, 2.05) is 13.8 Å². The molecular weight excluding hydrogens is 314 g/mol. The molecule has 1 aliphatic heterocycles. The summed E-state index contributed by atoms with van der Waals surface area (Å²) < 4.78 is 5.08. The first-order chi connectivity index (χ1) is 11.1. The summed E-state index contributed by atoms with van der Waals surface area (Å²) in [5, 5.41) is 3.11. The highest BCUT2D eigenvalue weighted by atomic mass is 32.2. The lowest BCUT2D eigenvalue weighted by atomic mass is 10.2. The molecule has 0 spiro atoms. The Morgan fingerprint density at radius 1 is 1.35 bits per heavy atom. The van der Waals surface area contributed by atoms with Gasteiger partial charge in [-0.1, -0.05) is 11.8 Å². The Kier molecular flexibility index (Phi) is 6.04. The molecule has 2 rings (SSSR count). The zero-order chi connectivity index (χ0) is 16.8. The van der Waals surface area contributed by atoms with Crippen molar-refractivity contribution in [2.24, 2.45) is 4.99 Å². The van der Waals surface area contributed by atoms with Crippen LogP contribution in [-0.4, -0.2) is 47.3 Å². The fourth-order valence-electron chi connectivity index (χ4n) is 2.24. The van der Waals surface area contributed by atoms with Crippen LogP contribution in [0.5, 0.6) is 5.75 Å². The highest BCUT2D eigenvalue weighted by molar-refractivity contribution is 8.15. The number of anilines is 1. The molecule has 1 N–H and O–H groups in total. The first kappa shape index (κ1) is 17.3. The van der Waals surface area contributed by atoms with E-state index in [-0.39, 0.29) is 18.2 Å². The molecule has 1 aliphatic rings. The largest absolute Gasteiger partial charge is 0.497 e. The molecule has 1 unspecified atom stereocenters. The fraction of sp³-hybridized carbons (Fsp3) is 0.438. The van der Waals surface area contributed by atoms with Gasteiger partial charge < -0.3 is 10.1 Å². The van der Waals surface area contributed by atoms with Gasteiger partial charge in [0.05, 0.1) is 7.11 Å². The number of hydrogen-bond donors (Lipinski definition) is 1. The van der Waals surface area contributed by atoms with Gasteiger partial charge in [0.25, 0.3) is 0 Å². The number of amidine groups is 1. The van der Waals surface area contributed by atoms with Gasteiger partial charge in [-0.2, -0.15) is 0 Å². The van der Waals surface area contributed by atoms with Gasteiger partial charge in [0, 0.05) is 25.2 Å². The van der Waals surface area contributed by atoms with Crippen molar-refractivity contribution in [2.45, 2.75) is 25.5 Å². The van der Waals surface area contributed by atoms with Gasteiger partial charge in [0.2, 0.25) is 11.8 Å². The maximum absolute atomic E-state index is 12.3. The van der Waals surface area contributed by atoms with Gasteiger partial charge in [0.1, 0.15) is 11.0 Å². The summed E-state index contributed by atoms with van der Waals surface area (Å²) in [4.78, 5) is 30.4. The second kappa shape index (κ2) is 8.01. The van der Waals surface area contributed by atoms with Gasteiger partial charge in [-0.25, -0.2) is 0 Å². The Labute approximate surface area is 140 Å². The second-order valence-electron chi connectivity index (χ2n) is 4.93. The van der Waals surface area contributed by atoms with Crippen LogP contribution in [-0.2, 0) is 9.59 Å². The number of carbonyl (C=O) groups excluding carboxylic acids is 2. The molecule has 23 heavy (non-hydrogen) atoms. The van der Waals surface area contributed by atoms with Crippen molar-refractivity contribution in [2.75, 3.05) is 25.5 Å². The molecule has 124 valence electrons. The zero-order valence-corrected chi connectivity index (χ0v) is 14.4. The average Bonchev–Trinajstić information content (AvgIpc) is 2.83. The van der Waals surface area contributed by atoms with Crippen LogP contribution < -0.4 is 10.1 Å². The number of nitrogens with zero attached hydrogens (tertiary/aromatic N) is 2. The third kappa shape index (κ3) is 4.25. The first-order valence-corrected chi connectivity index (χ1v) is 8.43. The molecule has 1 atom stereocenters. The first-order valence-electron chi connectivity index (χ1n) is 7.55. The molecule has 7 heteroatoms. The monoisotopic (exact) mass is 335 g/mol. The number of amides is 2. The highest BCUT2D eigenvalue weighted by Crippen LogP contribution is 2.29. The number of ether oxygens (including phenoxy) is 1. The molecule has 0 bridgehead atoms. The molecule has 0 saturated carbocycles. The Hall–Kier alpha value is -2.02. The summed E-state index contributed by atoms with van der Waals surface area (Å²) in [5.41, 5.74) is 0.682. The predicted octanol–water partition coefficient (Wildman–Crippen LogP) is 2.36. The van der Waals surface area contributed by atoms with E-state index in [1.165, 1.54) is 11.8 Å². The van der Waals surface area contributed by atoms with Crippen molar-refractivity contribution in [1.29, 1.82) is 0 Å². The van der Waals surface area contributed by atoms with Crippen molar-refractivity contribution in [1.82, 2.24) is 4.90 Å². The molecule has 1 aromatic rings. The molecule has 2 amide bonds. The Morgan fingerprint density at radius 3 is 2.61 bits per heavy atom. The SMILES string of the molecule is CCN=C1SC(CC(=O)Nc2ccc(OC)cc2)C(=O)N1CC. The van der Waals surface area contributed by atoms with Gasteiger partial charge in [-0.3, -0.25) is 19.5 Å². The molecule has 6 nitrogen and oxygen atoms in total. The normalized spacial score (nSPS) is 19.3. The van der Waals surface area contributed by atoms with Crippen molar-refractivity contribution in [3.63, 3.8) is 0 Å². The Morgan fingerprint density at radius 2 is 2.04 bits per heavy atom. The molecule has 0 aromatic heterocycles. The molecule has 0 aliphatic carbocycles. The number of hydrogen-bond acceptors (Lipinski definition) is 5. The van der Waals surface area contributed by atoms with Crippen molar-refractivity contribution in [3.8, 4) is 5.75 Å². The van der Waals surface area contributed by atoms with E-state index in [4.69, 9.17) is 4.74 Å². The van der Waals surface area contributed by atoms with Crippen LogP contribution in [0.25, 0.3) is 0 Å². The summed E-state index contributed by atoms with van der Waals surface area (Å²) in [5.74, 6) is 0.493. The van der Waals surface area contributed by atoms with Crippen LogP contribution in [0.15, 0.2) is 29.3 Å². The molecule has 1 fully saturated rings. The van der Waals surface area contributed by atoms with Crippen molar-refractivity contribution >= 4 is 34.4 Å². The van der Waals surface area contributed by atoms with Gasteiger partial charge in [0.15, 0.2) is 5.17 Å². The quantitative estimate of drug-likeness (QED) is 0.866. The van der Waals surface area contributed by atoms with E-state index in [2.05, 4.69) is 10.3 Å². The lowest BCUT2D eigenvalue weighted by Crippen LogP contribution is -2.33. The average molecular weight is 335 g/mol. The van der Waals surface area contributed by atoms with Crippen LogP contribution in [0.4, 0.5) is 5.69 Å². The summed E-state index contributed by atoms with van der Waals surface area (Å²) in [6, 6.07) is 7.08. The third-order valence-electron chi connectivity index (χ3n) is 3.37. The fourth-order valence-corrected chi connectivity index (χ4v) is 3.51. The van der Waals surface area contributed by atoms with E-state index < -0.39 is 5.25 Å². The number of rotatable bonds is 6. The van der Waals surface area contributed by atoms with Gasteiger partial charge in [-0.05, 0) is 38.1 Å². The minimum Gasteiger partial charge on any atom is -0.497 e. The van der Waals surface area contributed by atoms with Crippen LogP contribution in [0.1, 0.15) is 20.3 Å². The van der Waals surface area contributed by atoms with Crippen LogP contribution >= 0.6 is 11.8 Å². The third-order valence-corrected chi connectivity index (χ3v) is 4.59. The maximum Gasteiger partial charge on any atom is 0.242 e. The molecular formula is C16H21N3O3S. The minimum absolute atomic E-state index is 0.0467. The topological polar surface area (TPSA) is 71.0 Å².